The van der Waals surface area contributed by atoms with Crippen LogP contribution in [-0.4, -0.2) is 24.6 Å². The minimum Gasteiger partial charge on any atom is -0.363 e. The van der Waals surface area contributed by atoms with Crippen LogP contribution in [0, 0.1) is 5.92 Å². The molecule has 0 radical (unpaired) electrons. The van der Waals surface area contributed by atoms with Gasteiger partial charge in [-0.05, 0) is 18.5 Å². The first-order valence-corrected chi connectivity index (χ1v) is 5.80. The summed E-state index contributed by atoms with van der Waals surface area (Å²) in [6, 6.07) is 1.94. The quantitative estimate of drug-likeness (QED) is 0.626. The van der Waals surface area contributed by atoms with Crippen LogP contribution in [0.4, 0.5) is 0 Å². The lowest BCUT2D eigenvalue weighted by atomic mass is 10.2. The van der Waals surface area contributed by atoms with Crippen molar-refractivity contribution < 1.29 is 0 Å². The number of rotatable bonds is 7. The molecule has 0 unspecified atom stereocenters. The number of halogens is 1. The van der Waals surface area contributed by atoms with E-state index in [1.54, 1.807) is 6.20 Å². The third-order valence-electron chi connectivity index (χ3n) is 2.05. The zero-order chi connectivity index (χ0) is 11.1. The van der Waals surface area contributed by atoms with E-state index in [0.29, 0.717) is 5.92 Å². The summed E-state index contributed by atoms with van der Waals surface area (Å²) >= 11 is 5.79. The molecule has 3 nitrogen and oxygen atoms in total. The summed E-state index contributed by atoms with van der Waals surface area (Å²) in [6.07, 6.45) is 1.80. The summed E-state index contributed by atoms with van der Waals surface area (Å²) in [5.74, 6) is 0.715. The highest BCUT2D eigenvalue weighted by Crippen LogP contribution is 2.08. The number of aromatic nitrogens is 1. The Morgan fingerprint density at radius 1 is 1.33 bits per heavy atom. The third kappa shape index (κ3) is 5.82. The predicted molar refractivity (Wildman–Crippen MR) is 65.2 cm³/mol. The maximum atomic E-state index is 5.79. The van der Waals surface area contributed by atoms with Crippen LogP contribution in [0.25, 0.3) is 0 Å². The van der Waals surface area contributed by atoms with Crippen LogP contribution >= 0.6 is 11.6 Å². The molecule has 0 aliphatic carbocycles. The van der Waals surface area contributed by atoms with Gasteiger partial charge in [0.1, 0.15) is 0 Å². The summed E-state index contributed by atoms with van der Waals surface area (Å²) < 4.78 is 0. The molecular weight excluding hydrogens is 210 g/mol. The number of hydrogen-bond donors (Lipinski definition) is 3. The Morgan fingerprint density at radius 2 is 2.07 bits per heavy atom. The first-order chi connectivity index (χ1) is 7.18. The molecule has 0 atom stereocenters. The Labute approximate surface area is 96.6 Å². The summed E-state index contributed by atoms with van der Waals surface area (Å²) in [6.45, 7) is 8.32. The monoisotopic (exact) mass is 229 g/mol. The molecular formula is C11H20ClN3. The first kappa shape index (κ1) is 12.6. The molecule has 0 fully saturated rings. The van der Waals surface area contributed by atoms with Crippen LogP contribution in [0.1, 0.15) is 19.5 Å². The van der Waals surface area contributed by atoms with E-state index >= 15 is 0 Å². The van der Waals surface area contributed by atoms with Crippen molar-refractivity contribution in [2.45, 2.75) is 20.4 Å². The molecule has 0 amide bonds. The van der Waals surface area contributed by atoms with Gasteiger partial charge in [-0.3, -0.25) is 0 Å². The Hall–Kier alpha value is -0.510. The van der Waals surface area contributed by atoms with E-state index in [4.69, 9.17) is 11.6 Å². The summed E-state index contributed by atoms with van der Waals surface area (Å²) in [5, 5.41) is 7.48. The van der Waals surface area contributed by atoms with Gasteiger partial charge < -0.3 is 15.6 Å². The smallest absolute Gasteiger partial charge is 0.0583 e. The molecule has 86 valence electrons. The normalized spacial score (nSPS) is 11.2. The Morgan fingerprint density at radius 3 is 2.67 bits per heavy atom. The lowest BCUT2D eigenvalue weighted by molar-refractivity contribution is 0.534. The average molecular weight is 230 g/mol. The predicted octanol–water partition coefficient (Wildman–Crippen LogP) is 2.00. The van der Waals surface area contributed by atoms with Crippen molar-refractivity contribution in [1.82, 2.24) is 15.6 Å². The second-order valence-corrected chi connectivity index (χ2v) is 4.55. The molecule has 0 saturated carbocycles. The van der Waals surface area contributed by atoms with Gasteiger partial charge in [0.05, 0.1) is 5.02 Å². The van der Waals surface area contributed by atoms with Gasteiger partial charge in [0, 0.05) is 31.5 Å². The van der Waals surface area contributed by atoms with E-state index in [2.05, 4.69) is 29.5 Å². The molecule has 1 heterocycles. The maximum absolute atomic E-state index is 5.79. The molecule has 15 heavy (non-hydrogen) atoms. The van der Waals surface area contributed by atoms with Crippen molar-refractivity contribution in [3.8, 4) is 0 Å². The highest BCUT2D eigenvalue weighted by molar-refractivity contribution is 6.30. The minimum absolute atomic E-state index is 0.715. The molecule has 0 spiro atoms. The zero-order valence-corrected chi connectivity index (χ0v) is 10.2. The largest absolute Gasteiger partial charge is 0.363 e. The Balaban J connectivity index is 1.98. The van der Waals surface area contributed by atoms with Crippen LogP contribution in [-0.2, 0) is 6.54 Å². The standard InChI is InChI=1S/C11H20ClN3/c1-9(2)6-13-3-4-14-8-11-5-10(12)7-15-11/h5,7,9,13-15H,3-4,6,8H2,1-2H3. The SMILES string of the molecule is CC(C)CNCCNCc1cc(Cl)c[nH]1. The molecule has 0 bridgehead atoms. The van der Waals surface area contributed by atoms with Crippen molar-refractivity contribution in [3.63, 3.8) is 0 Å². The van der Waals surface area contributed by atoms with E-state index < -0.39 is 0 Å². The number of nitrogens with one attached hydrogen (secondary N) is 3. The van der Waals surface area contributed by atoms with E-state index in [1.165, 1.54) is 0 Å². The van der Waals surface area contributed by atoms with Gasteiger partial charge in [-0.2, -0.15) is 0 Å². The van der Waals surface area contributed by atoms with Crippen molar-refractivity contribution in [3.05, 3.63) is 23.0 Å². The fourth-order valence-corrected chi connectivity index (χ4v) is 1.49. The number of H-pyrrole nitrogens is 1. The van der Waals surface area contributed by atoms with Gasteiger partial charge >= 0.3 is 0 Å². The van der Waals surface area contributed by atoms with Crippen LogP contribution in [0.5, 0.6) is 0 Å². The molecule has 1 rings (SSSR count). The van der Waals surface area contributed by atoms with Gasteiger partial charge in [-0.15, -0.1) is 0 Å². The third-order valence-corrected chi connectivity index (χ3v) is 2.27. The molecule has 0 aliphatic rings. The minimum atomic E-state index is 0.715. The maximum Gasteiger partial charge on any atom is 0.0583 e. The fourth-order valence-electron chi connectivity index (χ4n) is 1.30. The lowest BCUT2D eigenvalue weighted by Gasteiger charge is -2.07. The van der Waals surface area contributed by atoms with E-state index in [-0.39, 0.29) is 0 Å². The van der Waals surface area contributed by atoms with Crippen molar-refractivity contribution >= 4 is 11.6 Å². The van der Waals surface area contributed by atoms with E-state index in [0.717, 1.165) is 36.9 Å². The molecule has 0 aliphatic heterocycles. The Bertz CT molecular complexity index is 271. The number of hydrogen-bond acceptors (Lipinski definition) is 2. The second kappa shape index (κ2) is 6.88. The topological polar surface area (TPSA) is 39.8 Å². The number of aromatic amines is 1. The van der Waals surface area contributed by atoms with Gasteiger partial charge in [0.15, 0.2) is 0 Å². The summed E-state index contributed by atoms with van der Waals surface area (Å²) in [5.41, 5.74) is 1.13. The lowest BCUT2D eigenvalue weighted by Crippen LogP contribution is -2.29. The van der Waals surface area contributed by atoms with Crippen LogP contribution in [0.15, 0.2) is 12.3 Å². The van der Waals surface area contributed by atoms with Crippen molar-refractivity contribution in [1.29, 1.82) is 0 Å². The van der Waals surface area contributed by atoms with Gasteiger partial charge in [0.2, 0.25) is 0 Å². The van der Waals surface area contributed by atoms with E-state index in [9.17, 15) is 0 Å². The molecule has 0 saturated heterocycles. The molecule has 4 heteroatoms. The Kier molecular flexibility index (Phi) is 5.76. The van der Waals surface area contributed by atoms with Crippen LogP contribution in [0.3, 0.4) is 0 Å². The molecule has 1 aromatic rings. The summed E-state index contributed by atoms with van der Waals surface area (Å²) in [4.78, 5) is 3.10. The first-order valence-electron chi connectivity index (χ1n) is 5.42. The van der Waals surface area contributed by atoms with Crippen LogP contribution in [0.2, 0.25) is 5.02 Å². The van der Waals surface area contributed by atoms with Gasteiger partial charge in [-0.25, -0.2) is 0 Å². The molecule has 1 aromatic heterocycles. The van der Waals surface area contributed by atoms with Crippen LogP contribution < -0.4 is 10.6 Å². The highest BCUT2D eigenvalue weighted by atomic mass is 35.5. The van der Waals surface area contributed by atoms with Crippen molar-refractivity contribution in [2.75, 3.05) is 19.6 Å². The zero-order valence-electron chi connectivity index (χ0n) is 9.44. The molecule has 3 N–H and O–H groups in total. The van der Waals surface area contributed by atoms with Gasteiger partial charge in [-0.1, -0.05) is 25.4 Å². The highest BCUT2D eigenvalue weighted by Gasteiger charge is 1.96. The summed E-state index contributed by atoms with van der Waals surface area (Å²) in [7, 11) is 0. The van der Waals surface area contributed by atoms with Gasteiger partial charge in [0.25, 0.3) is 0 Å². The fraction of sp³-hybridized carbons (Fsp3) is 0.636. The van der Waals surface area contributed by atoms with E-state index in [1.807, 2.05) is 6.07 Å². The second-order valence-electron chi connectivity index (χ2n) is 4.12. The average Bonchev–Trinajstić information content (AvgIpc) is 2.57. The molecule has 0 aromatic carbocycles. The van der Waals surface area contributed by atoms with Crippen molar-refractivity contribution in [2.24, 2.45) is 5.92 Å².